The minimum Gasteiger partial charge on any atom is -0.330 e. The maximum absolute atomic E-state index is 5.50. The topological polar surface area (TPSA) is 26.0 Å². The molecular weight excluding hydrogens is 166 g/mol. The van der Waals surface area contributed by atoms with Crippen LogP contribution in [0.25, 0.3) is 0 Å². The highest BCUT2D eigenvalue weighted by Crippen LogP contribution is 2.35. The number of hydrogen-bond acceptors (Lipinski definition) is 2. The van der Waals surface area contributed by atoms with Gasteiger partial charge in [0.1, 0.15) is 0 Å². The van der Waals surface area contributed by atoms with Gasteiger partial charge in [-0.3, -0.25) is 0 Å². The summed E-state index contributed by atoms with van der Waals surface area (Å²) in [7, 11) is 0. The lowest BCUT2D eigenvalue weighted by Crippen LogP contribution is -2.11. The van der Waals surface area contributed by atoms with E-state index in [1.165, 1.54) is 5.57 Å². The van der Waals surface area contributed by atoms with E-state index >= 15 is 0 Å². The lowest BCUT2D eigenvalue weighted by atomic mass is 9.94. The van der Waals surface area contributed by atoms with Crippen molar-refractivity contribution in [2.24, 2.45) is 11.7 Å². The lowest BCUT2D eigenvalue weighted by molar-refractivity contribution is 0.824. The summed E-state index contributed by atoms with van der Waals surface area (Å²) in [6, 6.07) is 0. The molecule has 2 N–H and O–H groups in total. The normalized spacial score (nSPS) is 31.9. The molecule has 2 rings (SSSR count). The molecule has 12 heavy (non-hydrogen) atoms. The van der Waals surface area contributed by atoms with Crippen molar-refractivity contribution in [3.63, 3.8) is 0 Å². The predicted octanol–water partition coefficient (Wildman–Crippen LogP) is 2.08. The molecule has 1 heterocycles. The van der Waals surface area contributed by atoms with E-state index in [1.54, 1.807) is 0 Å². The van der Waals surface area contributed by atoms with Crippen molar-refractivity contribution in [1.82, 2.24) is 0 Å². The summed E-state index contributed by atoms with van der Waals surface area (Å²) in [6.07, 6.45) is 10.1. The van der Waals surface area contributed by atoms with E-state index in [0.29, 0.717) is 11.2 Å². The van der Waals surface area contributed by atoms with Crippen LogP contribution in [-0.2, 0) is 0 Å². The molecule has 0 bridgehead atoms. The summed E-state index contributed by atoms with van der Waals surface area (Å²) in [6.45, 7) is 0.754. The molecule has 1 aliphatic carbocycles. The van der Waals surface area contributed by atoms with Crippen LogP contribution < -0.4 is 5.73 Å². The lowest BCUT2D eigenvalue weighted by Gasteiger charge is -2.17. The van der Waals surface area contributed by atoms with Crippen LogP contribution in [-0.4, -0.2) is 11.8 Å². The van der Waals surface area contributed by atoms with Crippen molar-refractivity contribution in [1.29, 1.82) is 0 Å². The van der Waals surface area contributed by atoms with E-state index in [9.17, 15) is 0 Å². The SMILES string of the molecule is NCCC1=CC2C=CSC2C=C1. The van der Waals surface area contributed by atoms with E-state index in [4.69, 9.17) is 5.73 Å². The first-order chi connectivity index (χ1) is 5.90. The zero-order valence-electron chi connectivity index (χ0n) is 6.94. The van der Waals surface area contributed by atoms with Crippen molar-refractivity contribution in [3.8, 4) is 0 Å². The monoisotopic (exact) mass is 179 g/mol. The highest BCUT2D eigenvalue weighted by molar-refractivity contribution is 8.03. The number of fused-ring (bicyclic) bond motifs is 1. The molecule has 2 heteroatoms. The molecule has 0 amide bonds. The van der Waals surface area contributed by atoms with Crippen molar-refractivity contribution in [2.75, 3.05) is 6.54 Å². The van der Waals surface area contributed by atoms with Crippen LogP contribution in [0.2, 0.25) is 0 Å². The zero-order valence-corrected chi connectivity index (χ0v) is 7.76. The fourth-order valence-electron chi connectivity index (χ4n) is 1.61. The van der Waals surface area contributed by atoms with Gasteiger partial charge in [-0.2, -0.15) is 0 Å². The average molecular weight is 179 g/mol. The fraction of sp³-hybridized carbons (Fsp3) is 0.400. The standard InChI is InChI=1S/C10H13NS/c11-5-3-8-1-2-10-9(7-8)4-6-12-10/h1-2,4,6-7,9-10H,3,5,11H2. The molecule has 2 atom stereocenters. The first kappa shape index (κ1) is 8.14. The second-order valence-electron chi connectivity index (χ2n) is 3.15. The van der Waals surface area contributed by atoms with Gasteiger partial charge in [-0.15, -0.1) is 11.8 Å². The van der Waals surface area contributed by atoms with Crippen LogP contribution in [0.3, 0.4) is 0 Å². The maximum atomic E-state index is 5.50. The quantitative estimate of drug-likeness (QED) is 0.702. The summed E-state index contributed by atoms with van der Waals surface area (Å²) in [5.41, 5.74) is 6.89. The van der Waals surface area contributed by atoms with E-state index < -0.39 is 0 Å². The van der Waals surface area contributed by atoms with Gasteiger partial charge in [-0.25, -0.2) is 0 Å². The van der Waals surface area contributed by atoms with E-state index in [0.717, 1.165) is 13.0 Å². The first-order valence-electron chi connectivity index (χ1n) is 4.31. The highest BCUT2D eigenvalue weighted by atomic mass is 32.2. The van der Waals surface area contributed by atoms with Gasteiger partial charge in [0.25, 0.3) is 0 Å². The minimum atomic E-state index is 0.626. The van der Waals surface area contributed by atoms with Crippen molar-refractivity contribution < 1.29 is 0 Å². The Morgan fingerprint density at radius 3 is 3.17 bits per heavy atom. The van der Waals surface area contributed by atoms with Gasteiger partial charge in [-0.1, -0.05) is 29.9 Å². The average Bonchev–Trinajstić information content (AvgIpc) is 2.51. The molecule has 0 aromatic heterocycles. The van der Waals surface area contributed by atoms with Gasteiger partial charge in [-0.05, 0) is 18.4 Å². The molecular formula is C10H13NS. The molecule has 0 fully saturated rings. The second kappa shape index (κ2) is 3.50. The zero-order chi connectivity index (χ0) is 8.39. The fourth-order valence-corrected chi connectivity index (χ4v) is 2.58. The van der Waals surface area contributed by atoms with Gasteiger partial charge < -0.3 is 5.73 Å². The van der Waals surface area contributed by atoms with Crippen LogP contribution in [0.1, 0.15) is 6.42 Å². The van der Waals surface area contributed by atoms with Crippen molar-refractivity contribution in [3.05, 3.63) is 35.3 Å². The number of hydrogen-bond donors (Lipinski definition) is 1. The van der Waals surface area contributed by atoms with Gasteiger partial charge in [0.2, 0.25) is 0 Å². The summed E-state index contributed by atoms with van der Waals surface area (Å²) < 4.78 is 0. The third kappa shape index (κ3) is 1.50. The Hall–Kier alpha value is -0.470. The molecule has 0 aromatic carbocycles. The number of rotatable bonds is 2. The Bertz CT molecular complexity index is 253. The van der Waals surface area contributed by atoms with Crippen molar-refractivity contribution >= 4 is 11.8 Å². The highest BCUT2D eigenvalue weighted by Gasteiger charge is 2.21. The van der Waals surface area contributed by atoms with E-state index in [2.05, 4.69) is 29.7 Å². The van der Waals surface area contributed by atoms with E-state index in [1.807, 2.05) is 11.8 Å². The molecule has 64 valence electrons. The Morgan fingerprint density at radius 2 is 2.33 bits per heavy atom. The van der Waals surface area contributed by atoms with Crippen LogP contribution in [0.4, 0.5) is 0 Å². The summed E-state index contributed by atoms with van der Waals surface area (Å²) in [5.74, 6) is 0.626. The maximum Gasteiger partial charge on any atom is 0.0369 e. The third-order valence-electron chi connectivity index (χ3n) is 2.26. The van der Waals surface area contributed by atoms with Gasteiger partial charge >= 0.3 is 0 Å². The molecule has 2 aliphatic rings. The molecule has 0 spiro atoms. The molecule has 2 unspecified atom stereocenters. The second-order valence-corrected chi connectivity index (χ2v) is 4.23. The summed E-state index contributed by atoms with van der Waals surface area (Å²) >= 11 is 1.90. The Balaban J connectivity index is 2.09. The van der Waals surface area contributed by atoms with Gasteiger partial charge in [0.05, 0.1) is 0 Å². The molecule has 1 aliphatic heterocycles. The number of nitrogens with two attached hydrogens (primary N) is 1. The predicted molar refractivity (Wildman–Crippen MR) is 54.9 cm³/mol. The van der Waals surface area contributed by atoms with Crippen LogP contribution in [0.15, 0.2) is 35.3 Å². The largest absolute Gasteiger partial charge is 0.330 e. The minimum absolute atomic E-state index is 0.626. The smallest absolute Gasteiger partial charge is 0.0369 e. The van der Waals surface area contributed by atoms with Crippen LogP contribution in [0.5, 0.6) is 0 Å². The molecule has 0 aromatic rings. The number of thioether (sulfide) groups is 1. The molecule has 0 saturated carbocycles. The van der Waals surface area contributed by atoms with Gasteiger partial charge in [0.15, 0.2) is 0 Å². The summed E-state index contributed by atoms with van der Waals surface area (Å²) in [4.78, 5) is 0. The number of allylic oxidation sites excluding steroid dienone is 3. The van der Waals surface area contributed by atoms with Crippen LogP contribution >= 0.6 is 11.8 Å². The first-order valence-corrected chi connectivity index (χ1v) is 5.25. The Labute approximate surface area is 77.4 Å². The summed E-state index contributed by atoms with van der Waals surface area (Å²) in [5, 5.41) is 2.85. The molecule has 1 nitrogen and oxygen atoms in total. The van der Waals surface area contributed by atoms with Crippen molar-refractivity contribution in [2.45, 2.75) is 11.7 Å². The Kier molecular flexibility index (Phi) is 2.38. The molecule has 0 radical (unpaired) electrons. The Morgan fingerprint density at radius 1 is 1.42 bits per heavy atom. The van der Waals surface area contributed by atoms with Gasteiger partial charge in [0, 0.05) is 11.2 Å². The molecule has 0 saturated heterocycles. The van der Waals surface area contributed by atoms with Crippen LogP contribution in [0, 0.1) is 5.92 Å². The third-order valence-corrected chi connectivity index (χ3v) is 3.36. The van der Waals surface area contributed by atoms with E-state index in [-0.39, 0.29) is 0 Å².